The van der Waals surface area contributed by atoms with E-state index < -0.39 is 0 Å². The van der Waals surface area contributed by atoms with Crippen LogP contribution < -0.4 is 0 Å². The molecule has 1 saturated carbocycles. The molecule has 1 fully saturated rings. The highest BCUT2D eigenvalue weighted by Crippen LogP contribution is 2.44. The average Bonchev–Trinajstić information content (AvgIpc) is 2.59. The number of terminal acetylenes is 1. The molecule has 0 aromatic rings. The molecule has 0 heterocycles. The zero-order valence-electron chi connectivity index (χ0n) is 5.12. The molecule has 1 aliphatic rings. The van der Waals surface area contributed by atoms with Crippen molar-refractivity contribution in [2.45, 2.75) is 0 Å². The molecular formula is C7H10O2. The topological polar surface area (TPSA) is 40.5 Å². The van der Waals surface area contributed by atoms with Gasteiger partial charge in [0.1, 0.15) is 0 Å². The van der Waals surface area contributed by atoms with Gasteiger partial charge in [0.25, 0.3) is 0 Å². The minimum atomic E-state index is 0.111. The van der Waals surface area contributed by atoms with Crippen molar-refractivity contribution < 1.29 is 10.2 Å². The van der Waals surface area contributed by atoms with Crippen molar-refractivity contribution in [2.75, 3.05) is 13.2 Å². The maximum Gasteiger partial charge on any atom is 0.0475 e. The fourth-order valence-corrected chi connectivity index (χ4v) is 1.19. The van der Waals surface area contributed by atoms with Crippen LogP contribution in [-0.4, -0.2) is 23.4 Å². The van der Waals surface area contributed by atoms with Crippen LogP contribution in [0.4, 0.5) is 0 Å². The third-order valence-corrected chi connectivity index (χ3v) is 1.95. The first kappa shape index (κ1) is 6.60. The molecule has 0 radical (unpaired) electrons. The summed E-state index contributed by atoms with van der Waals surface area (Å²) in [6, 6.07) is 0. The highest BCUT2D eigenvalue weighted by atomic mass is 16.3. The van der Waals surface area contributed by atoms with Gasteiger partial charge in [0.2, 0.25) is 0 Å². The Morgan fingerprint density at radius 1 is 1.22 bits per heavy atom. The molecule has 0 aliphatic heterocycles. The van der Waals surface area contributed by atoms with E-state index in [-0.39, 0.29) is 31.0 Å². The number of aliphatic hydroxyl groups is 2. The molecule has 0 aromatic heterocycles. The van der Waals surface area contributed by atoms with Crippen molar-refractivity contribution in [2.24, 2.45) is 17.8 Å². The molecule has 50 valence electrons. The molecule has 0 saturated heterocycles. The number of rotatable bonds is 2. The summed E-state index contributed by atoms with van der Waals surface area (Å²) in [5.74, 6) is 2.98. The van der Waals surface area contributed by atoms with Crippen molar-refractivity contribution in [1.29, 1.82) is 0 Å². The van der Waals surface area contributed by atoms with Gasteiger partial charge in [-0.25, -0.2) is 0 Å². The van der Waals surface area contributed by atoms with Gasteiger partial charge in [0, 0.05) is 31.0 Å². The first-order valence-corrected chi connectivity index (χ1v) is 3.03. The first-order chi connectivity index (χ1) is 4.35. The van der Waals surface area contributed by atoms with Crippen LogP contribution in [0.15, 0.2) is 0 Å². The van der Waals surface area contributed by atoms with Gasteiger partial charge in [-0.2, -0.15) is 0 Å². The smallest absolute Gasteiger partial charge is 0.0475 e. The van der Waals surface area contributed by atoms with Crippen molar-refractivity contribution in [3.05, 3.63) is 0 Å². The van der Waals surface area contributed by atoms with Gasteiger partial charge in [-0.1, -0.05) is 0 Å². The van der Waals surface area contributed by atoms with Gasteiger partial charge in [-0.3, -0.25) is 0 Å². The Morgan fingerprint density at radius 3 is 1.78 bits per heavy atom. The lowest BCUT2D eigenvalue weighted by Crippen LogP contribution is -1.91. The van der Waals surface area contributed by atoms with Gasteiger partial charge in [0.15, 0.2) is 0 Å². The molecule has 2 N–H and O–H groups in total. The second-order valence-corrected chi connectivity index (χ2v) is 2.39. The minimum absolute atomic E-state index is 0.111. The van der Waals surface area contributed by atoms with Gasteiger partial charge in [-0.15, -0.1) is 12.3 Å². The highest BCUT2D eigenvalue weighted by molar-refractivity contribution is 5.12. The molecule has 3 atom stereocenters. The summed E-state index contributed by atoms with van der Waals surface area (Å²) >= 11 is 0. The van der Waals surface area contributed by atoms with E-state index in [9.17, 15) is 0 Å². The van der Waals surface area contributed by atoms with Crippen molar-refractivity contribution in [3.8, 4) is 12.3 Å². The standard InChI is InChI=1S/C7H10O2/c1-2-5-6(3-8)7(5)4-9/h1,5-9H,3-4H2/t5-,6+,7-. The fraction of sp³-hybridized carbons (Fsp3) is 0.714. The predicted molar refractivity (Wildman–Crippen MR) is 33.5 cm³/mol. The van der Waals surface area contributed by atoms with Crippen LogP contribution in [0.25, 0.3) is 0 Å². The highest BCUT2D eigenvalue weighted by Gasteiger charge is 2.47. The summed E-state index contributed by atoms with van der Waals surface area (Å²) in [6.45, 7) is 0.222. The molecule has 1 rings (SSSR count). The Kier molecular flexibility index (Phi) is 1.75. The second-order valence-electron chi connectivity index (χ2n) is 2.39. The van der Waals surface area contributed by atoms with Crippen molar-refractivity contribution in [3.63, 3.8) is 0 Å². The third kappa shape index (κ3) is 0.937. The fourth-order valence-electron chi connectivity index (χ4n) is 1.19. The van der Waals surface area contributed by atoms with Gasteiger partial charge < -0.3 is 10.2 Å². The molecule has 2 heteroatoms. The maximum atomic E-state index is 8.60. The Morgan fingerprint density at radius 2 is 1.67 bits per heavy atom. The number of hydrogen-bond donors (Lipinski definition) is 2. The van der Waals surface area contributed by atoms with Crippen molar-refractivity contribution >= 4 is 0 Å². The van der Waals surface area contributed by atoms with E-state index in [4.69, 9.17) is 16.6 Å². The Labute approximate surface area is 54.5 Å². The summed E-state index contributed by atoms with van der Waals surface area (Å²) in [5, 5.41) is 17.2. The summed E-state index contributed by atoms with van der Waals surface area (Å²) in [4.78, 5) is 0. The molecule has 0 bridgehead atoms. The molecule has 0 aromatic carbocycles. The molecule has 2 nitrogen and oxygen atoms in total. The molecule has 0 unspecified atom stereocenters. The van der Waals surface area contributed by atoms with Crippen LogP contribution in [0.5, 0.6) is 0 Å². The van der Waals surface area contributed by atoms with E-state index in [1.54, 1.807) is 0 Å². The maximum absolute atomic E-state index is 8.60. The quantitative estimate of drug-likeness (QED) is 0.488. The second kappa shape index (κ2) is 2.38. The number of aliphatic hydroxyl groups excluding tert-OH is 2. The summed E-state index contributed by atoms with van der Waals surface area (Å²) in [7, 11) is 0. The normalized spacial score (nSPS) is 39.9. The lowest BCUT2D eigenvalue weighted by Gasteiger charge is -1.84. The zero-order valence-corrected chi connectivity index (χ0v) is 5.12. The van der Waals surface area contributed by atoms with Crippen LogP contribution in [0.3, 0.4) is 0 Å². The summed E-state index contributed by atoms with van der Waals surface area (Å²) in [6.07, 6.45) is 5.09. The first-order valence-electron chi connectivity index (χ1n) is 3.03. The summed E-state index contributed by atoms with van der Waals surface area (Å²) in [5.41, 5.74) is 0. The lowest BCUT2D eigenvalue weighted by atomic mass is 10.3. The van der Waals surface area contributed by atoms with E-state index in [2.05, 4.69) is 5.92 Å². The predicted octanol–water partition coefficient (Wildman–Crippen LogP) is -0.534. The average molecular weight is 126 g/mol. The SMILES string of the molecule is C#C[C@H]1[C@@H](CO)[C@H]1CO. The van der Waals surface area contributed by atoms with Gasteiger partial charge in [-0.05, 0) is 0 Å². The Balaban J connectivity index is 2.37. The lowest BCUT2D eigenvalue weighted by molar-refractivity contribution is 0.232. The van der Waals surface area contributed by atoms with E-state index in [1.165, 1.54) is 0 Å². The molecule has 1 aliphatic carbocycles. The summed E-state index contributed by atoms with van der Waals surface area (Å²) < 4.78 is 0. The Bertz CT molecular complexity index is 126. The minimum Gasteiger partial charge on any atom is -0.396 e. The molecular weight excluding hydrogens is 116 g/mol. The molecule has 0 spiro atoms. The van der Waals surface area contributed by atoms with E-state index in [1.807, 2.05) is 0 Å². The molecule has 9 heavy (non-hydrogen) atoms. The third-order valence-electron chi connectivity index (χ3n) is 1.95. The van der Waals surface area contributed by atoms with Crippen LogP contribution in [0.2, 0.25) is 0 Å². The van der Waals surface area contributed by atoms with Crippen LogP contribution in [0.1, 0.15) is 0 Å². The zero-order chi connectivity index (χ0) is 6.85. The van der Waals surface area contributed by atoms with Crippen LogP contribution >= 0.6 is 0 Å². The van der Waals surface area contributed by atoms with Gasteiger partial charge >= 0.3 is 0 Å². The molecule has 0 amide bonds. The van der Waals surface area contributed by atoms with Crippen LogP contribution in [-0.2, 0) is 0 Å². The largest absolute Gasteiger partial charge is 0.396 e. The number of hydrogen-bond acceptors (Lipinski definition) is 2. The van der Waals surface area contributed by atoms with E-state index in [0.717, 1.165) is 0 Å². The monoisotopic (exact) mass is 126 g/mol. The van der Waals surface area contributed by atoms with Gasteiger partial charge in [0.05, 0.1) is 0 Å². The van der Waals surface area contributed by atoms with E-state index in [0.29, 0.717) is 0 Å². The van der Waals surface area contributed by atoms with Crippen molar-refractivity contribution in [1.82, 2.24) is 0 Å². The Hall–Kier alpha value is -0.520. The van der Waals surface area contributed by atoms with Crippen LogP contribution in [0, 0.1) is 30.1 Å². The van der Waals surface area contributed by atoms with E-state index >= 15 is 0 Å².